The first-order valence-corrected chi connectivity index (χ1v) is 6.95. The molecule has 0 bridgehead atoms. The monoisotopic (exact) mass is 296 g/mol. The van der Waals surface area contributed by atoms with Crippen molar-refractivity contribution in [3.05, 3.63) is 59.4 Å². The number of rotatable bonds is 4. The second-order valence-corrected chi connectivity index (χ2v) is 4.91. The van der Waals surface area contributed by atoms with Crippen LogP contribution in [0.3, 0.4) is 0 Å². The third kappa shape index (κ3) is 3.09. The quantitative estimate of drug-likeness (QED) is 0.939. The van der Waals surface area contributed by atoms with Gasteiger partial charge >= 0.3 is 0 Å². The lowest BCUT2D eigenvalue weighted by atomic mass is 10.1. The van der Waals surface area contributed by atoms with Crippen molar-refractivity contribution in [3.63, 3.8) is 0 Å². The summed E-state index contributed by atoms with van der Waals surface area (Å²) in [4.78, 5) is 16.2. The maximum atomic E-state index is 12.2. The summed E-state index contributed by atoms with van der Waals surface area (Å²) in [6.07, 6.45) is 5.26. The number of benzene rings is 1. The Morgan fingerprint density at radius 1 is 1.41 bits per heavy atom. The Hall–Kier alpha value is -2.82. The zero-order valence-electron chi connectivity index (χ0n) is 12.2. The van der Waals surface area contributed by atoms with Gasteiger partial charge in [-0.1, -0.05) is 6.07 Å². The SMILES string of the molecule is COc1ccc2c(c1)C=C(C(=O)NCc1cccnc1)CO2. The lowest BCUT2D eigenvalue weighted by Crippen LogP contribution is -2.28. The Labute approximate surface area is 128 Å². The first kappa shape index (κ1) is 14.1. The second kappa shape index (κ2) is 6.30. The first-order chi connectivity index (χ1) is 10.8. The fourth-order valence-electron chi connectivity index (χ4n) is 2.21. The fraction of sp³-hybridized carbons (Fsp3) is 0.176. The van der Waals surface area contributed by atoms with E-state index in [2.05, 4.69) is 10.3 Å². The normalized spacial score (nSPS) is 12.7. The Morgan fingerprint density at radius 3 is 3.09 bits per heavy atom. The second-order valence-electron chi connectivity index (χ2n) is 4.91. The predicted octanol–water partition coefficient (Wildman–Crippen LogP) is 2.18. The van der Waals surface area contributed by atoms with Crippen LogP contribution in [0.4, 0.5) is 0 Å². The molecule has 0 saturated carbocycles. The standard InChI is InChI=1S/C17H16N2O3/c1-21-15-4-5-16-13(8-15)7-14(11-22-16)17(20)19-10-12-3-2-6-18-9-12/h2-9H,10-11H2,1H3,(H,19,20). The average molecular weight is 296 g/mol. The summed E-state index contributed by atoms with van der Waals surface area (Å²) in [6.45, 7) is 0.702. The molecule has 0 aliphatic carbocycles. The number of ether oxygens (including phenoxy) is 2. The molecule has 5 heteroatoms. The first-order valence-electron chi connectivity index (χ1n) is 6.95. The molecule has 3 rings (SSSR count). The molecular formula is C17H16N2O3. The molecule has 1 aliphatic rings. The summed E-state index contributed by atoms with van der Waals surface area (Å²) in [6, 6.07) is 9.28. The van der Waals surface area contributed by atoms with Crippen molar-refractivity contribution < 1.29 is 14.3 Å². The van der Waals surface area contributed by atoms with Crippen molar-refractivity contribution in [2.24, 2.45) is 0 Å². The van der Waals surface area contributed by atoms with Crippen LogP contribution < -0.4 is 14.8 Å². The van der Waals surface area contributed by atoms with Gasteiger partial charge in [-0.15, -0.1) is 0 Å². The van der Waals surface area contributed by atoms with E-state index in [0.717, 1.165) is 22.6 Å². The maximum absolute atomic E-state index is 12.2. The number of carbonyl (C=O) groups is 1. The minimum Gasteiger partial charge on any atom is -0.497 e. The summed E-state index contributed by atoms with van der Waals surface area (Å²) in [5, 5.41) is 2.87. The van der Waals surface area contributed by atoms with Crippen LogP contribution in [0.25, 0.3) is 6.08 Å². The van der Waals surface area contributed by atoms with Crippen LogP contribution in [-0.2, 0) is 11.3 Å². The van der Waals surface area contributed by atoms with Crippen LogP contribution in [0.1, 0.15) is 11.1 Å². The molecule has 5 nitrogen and oxygen atoms in total. The smallest absolute Gasteiger partial charge is 0.250 e. The van der Waals surface area contributed by atoms with E-state index >= 15 is 0 Å². The van der Waals surface area contributed by atoms with E-state index in [1.807, 2.05) is 36.4 Å². The van der Waals surface area contributed by atoms with E-state index in [1.54, 1.807) is 19.5 Å². The van der Waals surface area contributed by atoms with E-state index in [4.69, 9.17) is 9.47 Å². The van der Waals surface area contributed by atoms with E-state index < -0.39 is 0 Å². The fourth-order valence-corrected chi connectivity index (χ4v) is 2.21. The number of carbonyl (C=O) groups excluding carboxylic acids is 1. The predicted molar refractivity (Wildman–Crippen MR) is 82.5 cm³/mol. The summed E-state index contributed by atoms with van der Waals surface area (Å²) >= 11 is 0. The van der Waals surface area contributed by atoms with E-state index in [-0.39, 0.29) is 12.5 Å². The minimum atomic E-state index is -0.141. The molecule has 1 aliphatic heterocycles. The molecule has 0 spiro atoms. The molecule has 0 unspecified atom stereocenters. The molecule has 0 atom stereocenters. The molecule has 2 aromatic rings. The Kier molecular flexibility index (Phi) is 4.05. The third-order valence-corrected chi connectivity index (χ3v) is 3.40. The molecule has 1 aromatic heterocycles. The number of fused-ring (bicyclic) bond motifs is 1. The summed E-state index contributed by atoms with van der Waals surface area (Å²) in [5.74, 6) is 1.34. The van der Waals surface area contributed by atoms with Gasteiger partial charge in [0.25, 0.3) is 5.91 Å². The number of nitrogens with zero attached hydrogens (tertiary/aromatic N) is 1. The number of hydrogen-bond donors (Lipinski definition) is 1. The number of aromatic nitrogens is 1. The van der Waals surface area contributed by atoms with Crippen molar-refractivity contribution >= 4 is 12.0 Å². The van der Waals surface area contributed by atoms with Gasteiger partial charge in [-0.05, 0) is 35.9 Å². The molecule has 2 heterocycles. The number of hydrogen-bond acceptors (Lipinski definition) is 4. The highest BCUT2D eigenvalue weighted by Crippen LogP contribution is 2.29. The lowest BCUT2D eigenvalue weighted by molar-refractivity contribution is -0.117. The summed E-state index contributed by atoms with van der Waals surface area (Å²) in [7, 11) is 1.61. The molecule has 1 N–H and O–H groups in total. The molecule has 22 heavy (non-hydrogen) atoms. The van der Waals surface area contributed by atoms with Gasteiger partial charge in [-0.2, -0.15) is 0 Å². The summed E-state index contributed by atoms with van der Waals surface area (Å²) < 4.78 is 10.8. The molecule has 0 radical (unpaired) electrons. The van der Waals surface area contributed by atoms with Crippen molar-refractivity contribution in [1.29, 1.82) is 0 Å². The highest BCUT2D eigenvalue weighted by atomic mass is 16.5. The van der Waals surface area contributed by atoms with Crippen LogP contribution in [0.2, 0.25) is 0 Å². The molecule has 0 fully saturated rings. The number of nitrogens with one attached hydrogen (secondary N) is 1. The van der Waals surface area contributed by atoms with Gasteiger partial charge in [0.05, 0.1) is 12.7 Å². The van der Waals surface area contributed by atoms with Crippen LogP contribution >= 0.6 is 0 Å². The van der Waals surface area contributed by atoms with Crippen LogP contribution in [0.15, 0.2) is 48.3 Å². The largest absolute Gasteiger partial charge is 0.497 e. The lowest BCUT2D eigenvalue weighted by Gasteiger charge is -2.18. The van der Waals surface area contributed by atoms with Gasteiger partial charge in [-0.3, -0.25) is 9.78 Å². The number of pyridine rings is 1. The highest BCUT2D eigenvalue weighted by Gasteiger charge is 2.17. The molecule has 0 saturated heterocycles. The van der Waals surface area contributed by atoms with E-state index in [0.29, 0.717) is 12.1 Å². The maximum Gasteiger partial charge on any atom is 0.250 e. The minimum absolute atomic E-state index is 0.141. The third-order valence-electron chi connectivity index (χ3n) is 3.40. The Balaban J connectivity index is 1.71. The van der Waals surface area contributed by atoms with Gasteiger partial charge in [0.2, 0.25) is 0 Å². The van der Waals surface area contributed by atoms with Crippen LogP contribution in [-0.4, -0.2) is 24.6 Å². The van der Waals surface area contributed by atoms with Crippen molar-refractivity contribution in [1.82, 2.24) is 10.3 Å². The van der Waals surface area contributed by atoms with Crippen LogP contribution in [0.5, 0.6) is 11.5 Å². The molecular weight excluding hydrogens is 280 g/mol. The molecule has 1 aromatic carbocycles. The van der Waals surface area contributed by atoms with Crippen LogP contribution in [0, 0.1) is 0 Å². The van der Waals surface area contributed by atoms with Gasteiger partial charge < -0.3 is 14.8 Å². The zero-order chi connectivity index (χ0) is 15.4. The number of amides is 1. The molecule has 112 valence electrons. The zero-order valence-corrected chi connectivity index (χ0v) is 12.2. The van der Waals surface area contributed by atoms with Crippen molar-refractivity contribution in [3.8, 4) is 11.5 Å². The van der Waals surface area contributed by atoms with Gasteiger partial charge in [0, 0.05) is 24.5 Å². The topological polar surface area (TPSA) is 60.5 Å². The number of methoxy groups -OCH3 is 1. The van der Waals surface area contributed by atoms with Crippen molar-refractivity contribution in [2.75, 3.05) is 13.7 Å². The Morgan fingerprint density at radius 2 is 2.32 bits per heavy atom. The summed E-state index contributed by atoms with van der Waals surface area (Å²) in [5.41, 5.74) is 2.39. The Bertz CT molecular complexity index is 711. The van der Waals surface area contributed by atoms with E-state index in [9.17, 15) is 4.79 Å². The van der Waals surface area contributed by atoms with Crippen molar-refractivity contribution in [2.45, 2.75) is 6.54 Å². The highest BCUT2D eigenvalue weighted by molar-refractivity contribution is 5.99. The van der Waals surface area contributed by atoms with Gasteiger partial charge in [-0.25, -0.2) is 0 Å². The average Bonchev–Trinajstić information content (AvgIpc) is 2.59. The van der Waals surface area contributed by atoms with Gasteiger partial charge in [0.1, 0.15) is 18.1 Å². The van der Waals surface area contributed by atoms with E-state index in [1.165, 1.54) is 0 Å². The van der Waals surface area contributed by atoms with Gasteiger partial charge in [0.15, 0.2) is 0 Å². The molecule has 1 amide bonds.